The van der Waals surface area contributed by atoms with E-state index in [2.05, 4.69) is 39.2 Å². The van der Waals surface area contributed by atoms with E-state index in [-0.39, 0.29) is 12.2 Å². The van der Waals surface area contributed by atoms with Crippen molar-refractivity contribution in [3.63, 3.8) is 0 Å². The highest BCUT2D eigenvalue weighted by Gasteiger charge is 2.37. The summed E-state index contributed by atoms with van der Waals surface area (Å²) in [6.07, 6.45) is 5.75. The van der Waals surface area contributed by atoms with Gasteiger partial charge in [-0.2, -0.15) is 5.26 Å². The molecule has 3 fully saturated rings. The Kier molecular flexibility index (Phi) is 5.67. The average Bonchev–Trinajstić information content (AvgIpc) is 3.25. The maximum Gasteiger partial charge on any atom is 0.101 e. The van der Waals surface area contributed by atoms with E-state index in [0.717, 1.165) is 29.9 Å². The lowest BCUT2D eigenvalue weighted by Gasteiger charge is -2.46. The Morgan fingerprint density at radius 1 is 1.30 bits per heavy atom. The summed E-state index contributed by atoms with van der Waals surface area (Å²) in [4.78, 5) is 9.50. The minimum absolute atomic E-state index is 0.195. The number of thiazole rings is 1. The van der Waals surface area contributed by atoms with E-state index in [0.29, 0.717) is 11.0 Å². The second-order valence-electron chi connectivity index (χ2n) is 9.33. The van der Waals surface area contributed by atoms with Gasteiger partial charge in [0.2, 0.25) is 0 Å². The number of piperidine rings is 2. The molecule has 2 aromatic rings. The molecule has 2 atom stereocenters. The third-order valence-corrected chi connectivity index (χ3v) is 8.04. The molecule has 3 aliphatic heterocycles. The average molecular weight is 426 g/mol. The molecule has 1 aromatic heterocycles. The first-order valence-electron chi connectivity index (χ1n) is 11.3. The Morgan fingerprint density at radius 3 is 2.93 bits per heavy atom. The first kappa shape index (κ1) is 20.2. The van der Waals surface area contributed by atoms with Crippen molar-refractivity contribution in [1.82, 2.24) is 15.2 Å². The van der Waals surface area contributed by atoms with Crippen LogP contribution < -0.4 is 10.2 Å². The SMILES string of the molecule is C[C@@H]1CN(c2ccc(C#N)c3ncsc23)C[C@H](CN2CCC3(CCCNC3)CC2)O1. The molecule has 4 heterocycles. The first-order valence-corrected chi connectivity index (χ1v) is 12.1. The van der Waals surface area contributed by atoms with Crippen LogP contribution in [-0.2, 0) is 4.74 Å². The van der Waals surface area contributed by atoms with E-state index in [1.165, 1.54) is 57.5 Å². The fourth-order valence-corrected chi connectivity index (χ4v) is 6.43. The van der Waals surface area contributed by atoms with Gasteiger partial charge in [0, 0.05) is 26.2 Å². The van der Waals surface area contributed by atoms with Crippen molar-refractivity contribution in [2.75, 3.05) is 50.7 Å². The lowest BCUT2D eigenvalue weighted by Crippen LogP contribution is -2.53. The Labute approximate surface area is 182 Å². The molecule has 0 unspecified atom stereocenters. The third kappa shape index (κ3) is 3.94. The molecular weight excluding hydrogens is 394 g/mol. The Morgan fingerprint density at radius 2 is 2.17 bits per heavy atom. The van der Waals surface area contributed by atoms with Crippen LogP contribution in [0.5, 0.6) is 0 Å². The number of likely N-dealkylation sites (tertiary alicyclic amines) is 1. The van der Waals surface area contributed by atoms with Gasteiger partial charge in [-0.15, -0.1) is 11.3 Å². The van der Waals surface area contributed by atoms with E-state index >= 15 is 0 Å². The first-order chi connectivity index (χ1) is 14.7. The highest BCUT2D eigenvalue weighted by atomic mass is 32.1. The summed E-state index contributed by atoms with van der Waals surface area (Å²) in [5.74, 6) is 0. The quantitative estimate of drug-likeness (QED) is 0.815. The molecule has 160 valence electrons. The number of ether oxygens (including phenoxy) is 1. The normalized spacial score (nSPS) is 27.4. The third-order valence-electron chi connectivity index (χ3n) is 7.19. The van der Waals surface area contributed by atoms with Crippen LogP contribution in [0.15, 0.2) is 17.6 Å². The number of hydrogen-bond acceptors (Lipinski definition) is 7. The van der Waals surface area contributed by atoms with Crippen molar-refractivity contribution in [1.29, 1.82) is 5.26 Å². The van der Waals surface area contributed by atoms with Gasteiger partial charge in [-0.05, 0) is 69.8 Å². The van der Waals surface area contributed by atoms with Gasteiger partial charge in [-0.3, -0.25) is 0 Å². The predicted molar refractivity (Wildman–Crippen MR) is 121 cm³/mol. The second-order valence-corrected chi connectivity index (χ2v) is 10.2. The van der Waals surface area contributed by atoms with Gasteiger partial charge < -0.3 is 19.9 Å². The van der Waals surface area contributed by atoms with Gasteiger partial charge in [-0.1, -0.05) is 0 Å². The molecule has 3 aliphatic rings. The van der Waals surface area contributed by atoms with Crippen LogP contribution >= 0.6 is 11.3 Å². The maximum atomic E-state index is 9.39. The number of nitriles is 1. The molecule has 0 amide bonds. The van der Waals surface area contributed by atoms with Gasteiger partial charge in [0.25, 0.3) is 0 Å². The molecule has 0 radical (unpaired) electrons. The fourth-order valence-electron chi connectivity index (χ4n) is 5.57. The number of fused-ring (bicyclic) bond motifs is 1. The number of hydrogen-bond donors (Lipinski definition) is 1. The number of aromatic nitrogens is 1. The van der Waals surface area contributed by atoms with Crippen molar-refractivity contribution >= 4 is 27.2 Å². The zero-order valence-corrected chi connectivity index (χ0v) is 18.6. The minimum atomic E-state index is 0.195. The minimum Gasteiger partial charge on any atom is -0.370 e. The molecule has 0 bridgehead atoms. The number of nitrogens with zero attached hydrogens (tertiary/aromatic N) is 4. The molecule has 5 rings (SSSR count). The van der Waals surface area contributed by atoms with Crippen LogP contribution in [0.2, 0.25) is 0 Å². The number of nitrogens with one attached hydrogen (secondary N) is 1. The standard InChI is InChI=1S/C23H31N5OS/c1-17-12-28(20-4-3-18(11-24)21-22(20)30-16-26-21)14-19(29-17)13-27-9-6-23(7-10-27)5-2-8-25-15-23/h3-4,16-17,19,25H,2,5-10,12-15H2,1H3/t17-,19+/m1/s1. The number of anilines is 1. The van der Waals surface area contributed by atoms with E-state index < -0.39 is 0 Å². The lowest BCUT2D eigenvalue weighted by atomic mass is 9.73. The topological polar surface area (TPSA) is 64.4 Å². The van der Waals surface area contributed by atoms with Gasteiger partial charge >= 0.3 is 0 Å². The van der Waals surface area contributed by atoms with Crippen molar-refractivity contribution in [3.8, 4) is 6.07 Å². The van der Waals surface area contributed by atoms with Gasteiger partial charge in [0.15, 0.2) is 0 Å². The van der Waals surface area contributed by atoms with Crippen LogP contribution in [0.4, 0.5) is 5.69 Å². The van der Waals surface area contributed by atoms with Crippen LogP contribution in [0.1, 0.15) is 38.2 Å². The Hall–Kier alpha value is -1.72. The van der Waals surface area contributed by atoms with E-state index in [4.69, 9.17) is 4.74 Å². The molecule has 0 saturated carbocycles. The molecular formula is C23H31N5OS. The summed E-state index contributed by atoms with van der Waals surface area (Å²) >= 11 is 1.63. The number of benzene rings is 1. The van der Waals surface area contributed by atoms with Crippen molar-refractivity contribution in [2.45, 2.75) is 44.8 Å². The predicted octanol–water partition coefficient (Wildman–Crippen LogP) is 3.23. The molecule has 6 nitrogen and oxygen atoms in total. The summed E-state index contributed by atoms with van der Waals surface area (Å²) < 4.78 is 7.47. The molecule has 1 aromatic carbocycles. The van der Waals surface area contributed by atoms with Crippen molar-refractivity contribution < 1.29 is 4.74 Å². The zero-order valence-electron chi connectivity index (χ0n) is 17.8. The van der Waals surface area contributed by atoms with Crippen LogP contribution in [0, 0.1) is 16.7 Å². The summed E-state index contributed by atoms with van der Waals surface area (Å²) in [7, 11) is 0. The lowest BCUT2D eigenvalue weighted by molar-refractivity contribution is -0.0416. The van der Waals surface area contributed by atoms with Gasteiger partial charge in [0.1, 0.15) is 11.6 Å². The van der Waals surface area contributed by atoms with Crippen LogP contribution in [0.3, 0.4) is 0 Å². The molecule has 30 heavy (non-hydrogen) atoms. The van der Waals surface area contributed by atoms with Gasteiger partial charge in [-0.25, -0.2) is 4.98 Å². The van der Waals surface area contributed by atoms with E-state index in [9.17, 15) is 5.26 Å². The summed E-state index contributed by atoms with van der Waals surface area (Å²) in [5.41, 5.74) is 5.07. The van der Waals surface area contributed by atoms with E-state index in [1.54, 1.807) is 11.3 Å². The molecule has 7 heteroatoms. The number of morpholine rings is 1. The zero-order chi connectivity index (χ0) is 20.6. The highest BCUT2D eigenvalue weighted by molar-refractivity contribution is 7.17. The molecule has 0 aliphatic carbocycles. The van der Waals surface area contributed by atoms with E-state index in [1.807, 2.05) is 11.6 Å². The number of rotatable bonds is 3. The maximum absolute atomic E-state index is 9.39. The summed E-state index contributed by atoms with van der Waals surface area (Å²) in [6, 6.07) is 6.28. The monoisotopic (exact) mass is 425 g/mol. The van der Waals surface area contributed by atoms with Crippen molar-refractivity contribution in [2.24, 2.45) is 5.41 Å². The fraction of sp³-hybridized carbons (Fsp3) is 0.652. The summed E-state index contributed by atoms with van der Waals surface area (Å²) in [6.45, 7) is 9.72. The largest absolute Gasteiger partial charge is 0.370 e. The van der Waals surface area contributed by atoms with Crippen LogP contribution in [-0.4, -0.2) is 67.9 Å². The Bertz CT molecular complexity index is 921. The van der Waals surface area contributed by atoms with Crippen molar-refractivity contribution in [3.05, 3.63) is 23.2 Å². The molecule has 1 spiro atoms. The Balaban J connectivity index is 1.26. The molecule has 1 N–H and O–H groups in total. The van der Waals surface area contributed by atoms with Gasteiger partial charge in [0.05, 0.1) is 33.7 Å². The summed E-state index contributed by atoms with van der Waals surface area (Å²) in [5, 5.41) is 13.0. The van der Waals surface area contributed by atoms with Crippen LogP contribution in [0.25, 0.3) is 10.2 Å². The highest BCUT2D eigenvalue weighted by Crippen LogP contribution is 2.38. The molecule has 3 saturated heterocycles. The second kappa shape index (κ2) is 8.43. The smallest absolute Gasteiger partial charge is 0.101 e.